The Morgan fingerprint density at radius 2 is 1.89 bits per heavy atom. The predicted octanol–water partition coefficient (Wildman–Crippen LogP) is 3.84. The molecule has 1 aromatic rings. The van der Waals surface area contributed by atoms with Crippen molar-refractivity contribution in [1.82, 2.24) is 0 Å². The Hall–Kier alpha value is -1.53. The summed E-state index contributed by atoms with van der Waals surface area (Å²) in [6.07, 6.45) is 2.39. The van der Waals surface area contributed by atoms with Crippen LogP contribution in [0.15, 0.2) is 24.3 Å². The molecule has 0 fully saturated rings. The van der Waals surface area contributed by atoms with Crippen LogP contribution in [0, 0.1) is 16.7 Å². The van der Waals surface area contributed by atoms with Gasteiger partial charge < -0.3 is 9.84 Å². The normalized spacial score (nSPS) is 12.8. The molecule has 1 atom stereocenters. The van der Waals surface area contributed by atoms with Gasteiger partial charge in [-0.1, -0.05) is 12.1 Å². The average Bonchev–Trinajstić information content (AvgIpc) is 2.39. The van der Waals surface area contributed by atoms with E-state index in [1.54, 1.807) is 6.92 Å². The summed E-state index contributed by atoms with van der Waals surface area (Å²) in [5.41, 5.74) is 0.655. The Morgan fingerprint density at radius 3 is 2.42 bits per heavy atom. The smallest absolute Gasteiger partial charge is 0.119 e. The molecule has 0 amide bonds. The topological polar surface area (TPSA) is 53.2 Å². The Kier molecular flexibility index (Phi) is 5.85. The van der Waals surface area contributed by atoms with Gasteiger partial charge in [0, 0.05) is 0 Å². The van der Waals surface area contributed by atoms with Gasteiger partial charge in [0.2, 0.25) is 0 Å². The van der Waals surface area contributed by atoms with Crippen molar-refractivity contribution in [3.05, 3.63) is 29.8 Å². The summed E-state index contributed by atoms with van der Waals surface area (Å²) in [6, 6.07) is 9.80. The minimum absolute atomic E-state index is 0.237. The summed E-state index contributed by atoms with van der Waals surface area (Å²) in [7, 11) is 0. The molecule has 3 nitrogen and oxygen atoms in total. The number of hydrogen-bond acceptors (Lipinski definition) is 3. The molecule has 1 N–H and O–H groups in total. The van der Waals surface area contributed by atoms with E-state index in [1.807, 2.05) is 38.1 Å². The lowest BCUT2D eigenvalue weighted by Gasteiger charge is -2.14. The van der Waals surface area contributed by atoms with Gasteiger partial charge in [0.25, 0.3) is 0 Å². The van der Waals surface area contributed by atoms with E-state index in [0.717, 1.165) is 30.6 Å². The van der Waals surface area contributed by atoms with Crippen molar-refractivity contribution in [2.24, 2.45) is 5.41 Å². The van der Waals surface area contributed by atoms with Crippen LogP contribution in [0.5, 0.6) is 5.75 Å². The first-order valence-corrected chi connectivity index (χ1v) is 6.77. The van der Waals surface area contributed by atoms with Gasteiger partial charge >= 0.3 is 0 Å². The minimum atomic E-state index is -0.442. The summed E-state index contributed by atoms with van der Waals surface area (Å²) in [5, 5.41) is 18.3. The number of aliphatic hydroxyl groups is 1. The molecule has 1 aromatic carbocycles. The second-order valence-electron chi connectivity index (χ2n) is 5.55. The summed E-state index contributed by atoms with van der Waals surface area (Å²) in [4.78, 5) is 0. The Morgan fingerprint density at radius 1 is 1.26 bits per heavy atom. The van der Waals surface area contributed by atoms with Gasteiger partial charge in [0.05, 0.1) is 24.2 Å². The molecule has 0 spiro atoms. The molecule has 0 aromatic heterocycles. The zero-order chi connectivity index (χ0) is 14.3. The maximum absolute atomic E-state index is 9.39. The van der Waals surface area contributed by atoms with E-state index >= 15 is 0 Å². The van der Waals surface area contributed by atoms with Gasteiger partial charge in [0.15, 0.2) is 0 Å². The zero-order valence-electron chi connectivity index (χ0n) is 12.0. The van der Waals surface area contributed by atoms with Crippen molar-refractivity contribution in [2.75, 3.05) is 6.61 Å². The monoisotopic (exact) mass is 261 g/mol. The number of benzene rings is 1. The van der Waals surface area contributed by atoms with E-state index < -0.39 is 6.10 Å². The summed E-state index contributed by atoms with van der Waals surface area (Å²) in [6.45, 7) is 6.33. The second kappa shape index (κ2) is 7.16. The number of aliphatic hydroxyl groups excluding tert-OH is 1. The highest BCUT2D eigenvalue weighted by Crippen LogP contribution is 2.22. The Bertz CT molecular complexity index is 415. The van der Waals surface area contributed by atoms with Gasteiger partial charge in [-0.05, 0) is 57.7 Å². The van der Waals surface area contributed by atoms with Gasteiger partial charge in [-0.2, -0.15) is 5.26 Å². The number of rotatable bonds is 7. The fourth-order valence-electron chi connectivity index (χ4n) is 1.76. The molecule has 0 aliphatic heterocycles. The fraction of sp³-hybridized carbons (Fsp3) is 0.562. The summed E-state index contributed by atoms with van der Waals surface area (Å²) in [5.74, 6) is 0.823. The van der Waals surface area contributed by atoms with Crippen molar-refractivity contribution < 1.29 is 9.84 Å². The molecule has 0 saturated carbocycles. The number of unbranched alkanes of at least 4 members (excludes halogenated alkanes) is 1. The van der Waals surface area contributed by atoms with E-state index in [0.29, 0.717) is 6.61 Å². The molecule has 1 rings (SSSR count). The highest BCUT2D eigenvalue weighted by atomic mass is 16.5. The van der Waals surface area contributed by atoms with Crippen LogP contribution in [0.2, 0.25) is 0 Å². The van der Waals surface area contributed by atoms with Crippen molar-refractivity contribution in [3.63, 3.8) is 0 Å². The lowest BCUT2D eigenvalue weighted by molar-refractivity contribution is 0.199. The standard InChI is InChI=1S/C16H23NO2/c1-13(18)14-6-8-15(9-7-14)19-11-5-4-10-16(2,3)12-17/h6-9,13,18H,4-5,10-11H2,1-3H3/t13-/m1/s1. The molecule has 3 heteroatoms. The van der Waals surface area contributed by atoms with Crippen LogP contribution < -0.4 is 4.74 Å². The first-order chi connectivity index (χ1) is 8.94. The molecule has 19 heavy (non-hydrogen) atoms. The summed E-state index contributed by atoms with van der Waals surface area (Å²) < 4.78 is 5.62. The third-order valence-corrected chi connectivity index (χ3v) is 3.13. The fourth-order valence-corrected chi connectivity index (χ4v) is 1.76. The first-order valence-electron chi connectivity index (χ1n) is 6.77. The van der Waals surface area contributed by atoms with Gasteiger partial charge in [0.1, 0.15) is 5.75 Å². The van der Waals surface area contributed by atoms with Crippen LogP contribution in [0.1, 0.15) is 51.7 Å². The quantitative estimate of drug-likeness (QED) is 0.759. The van der Waals surface area contributed by atoms with Crippen LogP contribution in [0.4, 0.5) is 0 Å². The summed E-state index contributed by atoms with van der Waals surface area (Å²) >= 11 is 0. The van der Waals surface area contributed by atoms with Crippen LogP contribution in [0.3, 0.4) is 0 Å². The van der Waals surface area contributed by atoms with Crippen molar-refractivity contribution >= 4 is 0 Å². The number of nitriles is 1. The molecule has 0 aliphatic rings. The molecule has 0 bridgehead atoms. The molecule has 0 aliphatic carbocycles. The molecule has 0 radical (unpaired) electrons. The molecule has 0 heterocycles. The molecular weight excluding hydrogens is 238 g/mol. The lowest BCUT2D eigenvalue weighted by atomic mass is 9.89. The highest BCUT2D eigenvalue weighted by Gasteiger charge is 2.15. The second-order valence-corrected chi connectivity index (χ2v) is 5.55. The first kappa shape index (κ1) is 15.5. The van der Waals surface area contributed by atoms with E-state index in [2.05, 4.69) is 6.07 Å². The Balaban J connectivity index is 2.25. The number of ether oxygens (including phenoxy) is 1. The minimum Gasteiger partial charge on any atom is -0.494 e. The third kappa shape index (κ3) is 5.76. The Labute approximate surface area is 115 Å². The van der Waals surface area contributed by atoms with Gasteiger partial charge in [-0.3, -0.25) is 0 Å². The molecular formula is C16H23NO2. The van der Waals surface area contributed by atoms with E-state index in [9.17, 15) is 5.11 Å². The lowest BCUT2D eigenvalue weighted by Crippen LogP contribution is -2.08. The van der Waals surface area contributed by atoms with Crippen molar-refractivity contribution in [3.8, 4) is 11.8 Å². The highest BCUT2D eigenvalue weighted by molar-refractivity contribution is 5.28. The molecule has 0 unspecified atom stereocenters. The average molecular weight is 261 g/mol. The van der Waals surface area contributed by atoms with Crippen LogP contribution in [-0.4, -0.2) is 11.7 Å². The predicted molar refractivity (Wildman–Crippen MR) is 75.8 cm³/mol. The largest absolute Gasteiger partial charge is 0.494 e. The van der Waals surface area contributed by atoms with E-state index in [4.69, 9.17) is 10.00 Å². The van der Waals surface area contributed by atoms with Crippen LogP contribution in [0.25, 0.3) is 0 Å². The van der Waals surface area contributed by atoms with Crippen LogP contribution >= 0.6 is 0 Å². The third-order valence-electron chi connectivity index (χ3n) is 3.13. The maximum Gasteiger partial charge on any atom is 0.119 e. The SMILES string of the molecule is C[C@@H](O)c1ccc(OCCCCC(C)(C)C#N)cc1. The van der Waals surface area contributed by atoms with Crippen molar-refractivity contribution in [1.29, 1.82) is 5.26 Å². The number of nitrogens with zero attached hydrogens (tertiary/aromatic N) is 1. The van der Waals surface area contributed by atoms with E-state index in [-0.39, 0.29) is 5.41 Å². The maximum atomic E-state index is 9.39. The van der Waals surface area contributed by atoms with E-state index in [1.165, 1.54) is 0 Å². The molecule has 0 saturated heterocycles. The van der Waals surface area contributed by atoms with Gasteiger partial charge in [-0.15, -0.1) is 0 Å². The van der Waals surface area contributed by atoms with Crippen molar-refractivity contribution in [2.45, 2.75) is 46.1 Å². The molecule has 104 valence electrons. The van der Waals surface area contributed by atoms with Gasteiger partial charge in [-0.25, -0.2) is 0 Å². The number of hydrogen-bond donors (Lipinski definition) is 1. The van der Waals surface area contributed by atoms with Crippen LogP contribution in [-0.2, 0) is 0 Å². The zero-order valence-corrected chi connectivity index (χ0v) is 12.0.